The lowest BCUT2D eigenvalue weighted by molar-refractivity contribution is -0.111. The number of aryl methyl sites for hydroxylation is 1. The second-order valence-electron chi connectivity index (χ2n) is 4.79. The molecule has 5 heteroatoms. The van der Waals surface area contributed by atoms with Gasteiger partial charge in [0.2, 0.25) is 11.8 Å². The average molecular weight is 359 g/mol. The average Bonchev–Trinajstić information content (AvgIpc) is 2.47. The second-order valence-corrected chi connectivity index (χ2v) is 5.64. The normalized spacial score (nSPS) is 10.6. The van der Waals surface area contributed by atoms with E-state index >= 15 is 0 Å². The highest BCUT2D eigenvalue weighted by atomic mass is 79.9. The van der Waals surface area contributed by atoms with E-state index in [2.05, 4.69) is 21.2 Å². The van der Waals surface area contributed by atoms with E-state index in [9.17, 15) is 9.59 Å². The largest absolute Gasteiger partial charge is 0.366 e. The van der Waals surface area contributed by atoms with Crippen molar-refractivity contribution < 1.29 is 9.59 Å². The van der Waals surface area contributed by atoms with Crippen LogP contribution in [0.15, 0.2) is 53.0 Å². The fraction of sp³-hybridized carbons (Fsp3) is 0.0588. The highest BCUT2D eigenvalue weighted by molar-refractivity contribution is 9.10. The molecule has 0 unspecified atom stereocenters. The van der Waals surface area contributed by atoms with Gasteiger partial charge >= 0.3 is 0 Å². The van der Waals surface area contributed by atoms with Crippen LogP contribution in [-0.4, -0.2) is 11.8 Å². The molecule has 2 aromatic rings. The van der Waals surface area contributed by atoms with Crippen LogP contribution >= 0.6 is 15.9 Å². The maximum atomic E-state index is 11.9. The number of nitrogens with two attached hydrogens (primary N) is 1. The molecule has 0 heterocycles. The van der Waals surface area contributed by atoms with Crippen LogP contribution in [0.5, 0.6) is 0 Å². The van der Waals surface area contributed by atoms with Gasteiger partial charge in [-0.15, -0.1) is 0 Å². The molecule has 0 aliphatic heterocycles. The number of hydrogen-bond acceptors (Lipinski definition) is 2. The van der Waals surface area contributed by atoms with E-state index in [1.54, 1.807) is 30.3 Å². The molecule has 0 bridgehead atoms. The van der Waals surface area contributed by atoms with Gasteiger partial charge in [-0.2, -0.15) is 0 Å². The van der Waals surface area contributed by atoms with Crippen molar-refractivity contribution in [1.29, 1.82) is 0 Å². The van der Waals surface area contributed by atoms with Crippen molar-refractivity contribution in [1.82, 2.24) is 0 Å². The molecule has 0 aromatic heterocycles. The van der Waals surface area contributed by atoms with Crippen molar-refractivity contribution in [3.63, 3.8) is 0 Å². The summed E-state index contributed by atoms with van der Waals surface area (Å²) < 4.78 is 0.933. The molecule has 2 aromatic carbocycles. The lowest BCUT2D eigenvalue weighted by atomic mass is 10.1. The van der Waals surface area contributed by atoms with Gasteiger partial charge in [-0.3, -0.25) is 9.59 Å². The van der Waals surface area contributed by atoms with Gasteiger partial charge in [0.15, 0.2) is 0 Å². The molecule has 0 saturated heterocycles. The fourth-order valence-corrected chi connectivity index (χ4v) is 2.46. The second kappa shape index (κ2) is 7.04. The maximum Gasteiger partial charge on any atom is 0.248 e. The maximum absolute atomic E-state index is 11.9. The van der Waals surface area contributed by atoms with Crippen molar-refractivity contribution in [2.75, 3.05) is 5.32 Å². The quantitative estimate of drug-likeness (QED) is 0.820. The predicted octanol–water partition coefficient (Wildman–Crippen LogP) is 3.51. The Labute approximate surface area is 137 Å². The fourth-order valence-electron chi connectivity index (χ4n) is 1.83. The van der Waals surface area contributed by atoms with Gasteiger partial charge in [0.1, 0.15) is 0 Å². The third-order valence-electron chi connectivity index (χ3n) is 3.01. The van der Waals surface area contributed by atoms with E-state index < -0.39 is 5.91 Å². The number of rotatable bonds is 4. The Morgan fingerprint density at radius 2 is 1.82 bits per heavy atom. The van der Waals surface area contributed by atoms with E-state index in [1.807, 2.05) is 25.1 Å². The number of halogens is 1. The lowest BCUT2D eigenvalue weighted by Gasteiger charge is -2.03. The Balaban J connectivity index is 2.03. The third kappa shape index (κ3) is 4.30. The van der Waals surface area contributed by atoms with Gasteiger partial charge in [0.05, 0.1) is 0 Å². The van der Waals surface area contributed by atoms with Crippen molar-refractivity contribution in [2.45, 2.75) is 6.92 Å². The molecular weight excluding hydrogens is 344 g/mol. The van der Waals surface area contributed by atoms with Crippen molar-refractivity contribution in [3.8, 4) is 0 Å². The Kier molecular flexibility index (Phi) is 5.12. The van der Waals surface area contributed by atoms with Gasteiger partial charge in [-0.1, -0.05) is 28.1 Å². The summed E-state index contributed by atoms with van der Waals surface area (Å²) in [5.41, 5.74) is 8.22. The number of carbonyl (C=O) groups is 2. The van der Waals surface area contributed by atoms with E-state index in [0.29, 0.717) is 11.3 Å². The predicted molar refractivity (Wildman–Crippen MR) is 91.5 cm³/mol. The molecule has 2 amide bonds. The summed E-state index contributed by atoms with van der Waals surface area (Å²) >= 11 is 3.46. The van der Waals surface area contributed by atoms with Crippen LogP contribution in [0.1, 0.15) is 21.5 Å². The summed E-state index contributed by atoms with van der Waals surface area (Å²) in [6.07, 6.45) is 3.19. The summed E-state index contributed by atoms with van der Waals surface area (Å²) in [5, 5.41) is 2.72. The Morgan fingerprint density at radius 1 is 1.14 bits per heavy atom. The number of anilines is 1. The molecule has 2 rings (SSSR count). The van der Waals surface area contributed by atoms with Crippen molar-refractivity contribution >= 4 is 39.5 Å². The molecule has 0 atom stereocenters. The minimum Gasteiger partial charge on any atom is -0.366 e. The van der Waals surface area contributed by atoms with Crippen LogP contribution in [0, 0.1) is 6.92 Å². The summed E-state index contributed by atoms with van der Waals surface area (Å²) in [4.78, 5) is 22.8. The first-order valence-corrected chi connectivity index (χ1v) is 7.40. The number of amides is 2. The zero-order chi connectivity index (χ0) is 16.1. The van der Waals surface area contributed by atoms with Crippen LogP contribution in [0.2, 0.25) is 0 Å². The van der Waals surface area contributed by atoms with Gasteiger partial charge in [-0.25, -0.2) is 0 Å². The molecule has 0 aliphatic carbocycles. The van der Waals surface area contributed by atoms with Crippen molar-refractivity contribution in [3.05, 3.63) is 69.7 Å². The molecule has 22 heavy (non-hydrogen) atoms. The monoisotopic (exact) mass is 358 g/mol. The first-order chi connectivity index (χ1) is 10.5. The molecule has 0 saturated carbocycles. The molecular formula is C17H15BrN2O2. The van der Waals surface area contributed by atoms with Gasteiger partial charge < -0.3 is 11.1 Å². The van der Waals surface area contributed by atoms with Crippen LogP contribution in [0.4, 0.5) is 5.69 Å². The van der Waals surface area contributed by atoms with Gasteiger partial charge in [-0.05, 0) is 54.5 Å². The summed E-state index contributed by atoms with van der Waals surface area (Å²) in [6, 6.07) is 12.3. The number of primary amides is 1. The van der Waals surface area contributed by atoms with Crippen LogP contribution < -0.4 is 11.1 Å². The van der Waals surface area contributed by atoms with Gasteiger partial charge in [0, 0.05) is 21.8 Å². The highest BCUT2D eigenvalue weighted by Gasteiger charge is 2.02. The van der Waals surface area contributed by atoms with Gasteiger partial charge in [0.25, 0.3) is 0 Å². The van der Waals surface area contributed by atoms with Crippen LogP contribution in [0.25, 0.3) is 6.08 Å². The smallest absolute Gasteiger partial charge is 0.248 e. The number of hydrogen-bond donors (Lipinski definition) is 2. The van der Waals surface area contributed by atoms with Crippen molar-refractivity contribution in [2.24, 2.45) is 5.73 Å². The molecule has 112 valence electrons. The minimum absolute atomic E-state index is 0.251. The lowest BCUT2D eigenvalue weighted by Crippen LogP contribution is -2.11. The topological polar surface area (TPSA) is 72.2 Å². The van der Waals surface area contributed by atoms with E-state index in [1.165, 1.54) is 6.08 Å². The summed E-state index contributed by atoms with van der Waals surface area (Å²) in [6.45, 7) is 2.00. The number of nitrogens with one attached hydrogen (secondary N) is 1. The summed E-state index contributed by atoms with van der Waals surface area (Å²) in [5.74, 6) is -0.749. The number of benzene rings is 2. The Bertz CT molecular complexity index is 737. The zero-order valence-electron chi connectivity index (χ0n) is 12.0. The first kappa shape index (κ1) is 16.0. The van der Waals surface area contributed by atoms with E-state index in [-0.39, 0.29) is 5.91 Å². The van der Waals surface area contributed by atoms with E-state index in [4.69, 9.17) is 5.73 Å². The molecule has 4 nitrogen and oxygen atoms in total. The number of carbonyl (C=O) groups excluding carboxylic acids is 2. The van der Waals surface area contributed by atoms with E-state index in [0.717, 1.165) is 15.6 Å². The first-order valence-electron chi connectivity index (χ1n) is 6.61. The summed E-state index contributed by atoms with van der Waals surface area (Å²) in [7, 11) is 0. The molecule has 0 radical (unpaired) electrons. The molecule has 0 spiro atoms. The standard InChI is InChI=1S/C17H15BrN2O2/c1-11-2-3-12(15(18)10-11)6-9-16(21)20-14-7-4-13(5-8-14)17(19)22/h2-10H,1H3,(H2,19,22)(H,20,21)/b9-6+. The molecule has 0 fully saturated rings. The SMILES string of the molecule is Cc1ccc(/C=C/C(=O)Nc2ccc(C(N)=O)cc2)c(Br)c1. The zero-order valence-corrected chi connectivity index (χ0v) is 13.6. The van der Waals surface area contributed by atoms with Crippen LogP contribution in [-0.2, 0) is 4.79 Å². The minimum atomic E-state index is -0.498. The Morgan fingerprint density at radius 3 is 2.41 bits per heavy atom. The third-order valence-corrected chi connectivity index (χ3v) is 3.69. The molecule has 0 aliphatic rings. The van der Waals surface area contributed by atoms with Crippen LogP contribution in [0.3, 0.4) is 0 Å². The molecule has 3 N–H and O–H groups in total. The highest BCUT2D eigenvalue weighted by Crippen LogP contribution is 2.19. The Hall–Kier alpha value is -2.40.